The molecule has 3 atom stereocenters. The minimum absolute atomic E-state index is 0.174. The number of hydrogen-bond donors (Lipinski definition) is 1. The average molecular weight is 366 g/mol. The summed E-state index contributed by atoms with van der Waals surface area (Å²) in [5.74, 6) is -3.74. The third kappa shape index (κ3) is 4.89. The molecule has 0 bridgehead atoms. The van der Waals surface area contributed by atoms with E-state index < -0.39 is 57.9 Å². The number of carbonyl (C=O) groups is 4. The summed E-state index contributed by atoms with van der Waals surface area (Å²) in [5.41, 5.74) is 0. The molecule has 2 saturated heterocycles. The first-order valence-electron chi connectivity index (χ1n) is 6.82. The molecule has 0 aromatic carbocycles. The molecular weight excluding hydrogens is 352 g/mol. The van der Waals surface area contributed by atoms with Crippen molar-refractivity contribution in [2.75, 3.05) is 13.2 Å². The van der Waals surface area contributed by atoms with Gasteiger partial charge in [-0.05, 0) is 0 Å². The van der Waals surface area contributed by atoms with Crippen molar-refractivity contribution in [3.05, 3.63) is 0 Å². The van der Waals surface area contributed by atoms with E-state index in [-0.39, 0.29) is 26.1 Å². The fourth-order valence-electron chi connectivity index (χ4n) is 2.07. The lowest BCUT2D eigenvalue weighted by Gasteiger charge is -2.16. The molecule has 2 heterocycles. The fourth-order valence-corrected chi connectivity index (χ4v) is 2.71. The van der Waals surface area contributed by atoms with Crippen molar-refractivity contribution < 1.29 is 51.1 Å². The predicted molar refractivity (Wildman–Crippen MR) is 70.9 cm³/mol. The molecule has 0 aliphatic carbocycles. The molecular formula is C12H14O11S. The van der Waals surface area contributed by atoms with Gasteiger partial charge in [-0.15, -0.1) is 0 Å². The summed E-state index contributed by atoms with van der Waals surface area (Å²) in [5, 5.41) is -2.21. The summed E-state index contributed by atoms with van der Waals surface area (Å²) in [6, 6.07) is 0. The van der Waals surface area contributed by atoms with E-state index in [4.69, 9.17) is 14.0 Å². The van der Waals surface area contributed by atoms with E-state index in [2.05, 4.69) is 9.47 Å². The van der Waals surface area contributed by atoms with Crippen molar-refractivity contribution in [3.8, 4) is 0 Å². The highest BCUT2D eigenvalue weighted by Crippen LogP contribution is 2.17. The van der Waals surface area contributed by atoms with Crippen LogP contribution in [0.25, 0.3) is 0 Å². The van der Waals surface area contributed by atoms with Crippen molar-refractivity contribution in [3.63, 3.8) is 0 Å². The standard InChI is InChI=1S/C12H14O11S/c13-9-1-6(4-20-9)22-11(15)3-8(24(17,18)19)12(16)23-7-2-10(14)21-5-7/h6-8H,1-5H2,(H,17,18,19). The Hall–Kier alpha value is -2.21. The first kappa shape index (κ1) is 18.1. The van der Waals surface area contributed by atoms with Gasteiger partial charge in [0.05, 0.1) is 19.3 Å². The molecule has 12 heteroatoms. The molecule has 24 heavy (non-hydrogen) atoms. The highest BCUT2D eigenvalue weighted by molar-refractivity contribution is 7.87. The van der Waals surface area contributed by atoms with Gasteiger partial charge in [0.15, 0.2) is 5.25 Å². The highest BCUT2D eigenvalue weighted by atomic mass is 32.2. The molecule has 2 rings (SSSR count). The van der Waals surface area contributed by atoms with Gasteiger partial charge in [0.2, 0.25) is 0 Å². The third-order valence-electron chi connectivity index (χ3n) is 3.20. The maximum atomic E-state index is 11.9. The summed E-state index contributed by atoms with van der Waals surface area (Å²) in [4.78, 5) is 45.4. The van der Waals surface area contributed by atoms with Crippen molar-refractivity contribution in [2.24, 2.45) is 0 Å². The molecule has 2 aliphatic rings. The van der Waals surface area contributed by atoms with Gasteiger partial charge >= 0.3 is 23.9 Å². The number of hydrogen-bond acceptors (Lipinski definition) is 10. The normalized spacial score (nSPS) is 24.9. The molecule has 3 unspecified atom stereocenters. The lowest BCUT2D eigenvalue weighted by molar-refractivity contribution is -0.155. The Morgan fingerprint density at radius 1 is 1.08 bits per heavy atom. The van der Waals surface area contributed by atoms with Crippen LogP contribution in [0.2, 0.25) is 0 Å². The first-order chi connectivity index (χ1) is 11.1. The Morgan fingerprint density at radius 2 is 1.58 bits per heavy atom. The lowest BCUT2D eigenvalue weighted by atomic mass is 10.2. The molecule has 0 amide bonds. The molecule has 0 saturated carbocycles. The summed E-state index contributed by atoms with van der Waals surface area (Å²) >= 11 is 0. The predicted octanol–water partition coefficient (Wildman–Crippen LogP) is -1.65. The van der Waals surface area contributed by atoms with Crippen LogP contribution in [-0.2, 0) is 48.2 Å². The summed E-state index contributed by atoms with van der Waals surface area (Å²) in [6.07, 6.45) is -3.33. The van der Waals surface area contributed by atoms with Crippen molar-refractivity contribution in [1.82, 2.24) is 0 Å². The van der Waals surface area contributed by atoms with E-state index >= 15 is 0 Å². The van der Waals surface area contributed by atoms with E-state index in [1.54, 1.807) is 0 Å². The number of ether oxygens (including phenoxy) is 4. The smallest absolute Gasteiger partial charge is 0.327 e. The quantitative estimate of drug-likeness (QED) is 0.326. The summed E-state index contributed by atoms with van der Waals surface area (Å²) < 4.78 is 50.4. The van der Waals surface area contributed by atoms with Crippen LogP contribution in [0.15, 0.2) is 0 Å². The fraction of sp³-hybridized carbons (Fsp3) is 0.667. The van der Waals surface area contributed by atoms with Crippen LogP contribution in [0.4, 0.5) is 0 Å². The van der Waals surface area contributed by atoms with Crippen molar-refractivity contribution in [1.29, 1.82) is 0 Å². The van der Waals surface area contributed by atoms with E-state index in [0.717, 1.165) is 0 Å². The topological polar surface area (TPSA) is 160 Å². The van der Waals surface area contributed by atoms with Crippen LogP contribution in [0.3, 0.4) is 0 Å². The van der Waals surface area contributed by atoms with Crippen LogP contribution >= 0.6 is 0 Å². The van der Waals surface area contributed by atoms with Gasteiger partial charge in [0.25, 0.3) is 10.1 Å². The average Bonchev–Trinajstić information content (AvgIpc) is 3.03. The molecule has 2 fully saturated rings. The van der Waals surface area contributed by atoms with Gasteiger partial charge in [-0.1, -0.05) is 0 Å². The van der Waals surface area contributed by atoms with E-state index in [1.165, 1.54) is 0 Å². The minimum atomic E-state index is -4.96. The van der Waals surface area contributed by atoms with Crippen LogP contribution < -0.4 is 0 Å². The SMILES string of the molecule is O=C1CC(OC(=O)CC(C(=O)OC2COC(=O)C2)S(=O)(=O)O)CO1. The zero-order valence-electron chi connectivity index (χ0n) is 12.2. The van der Waals surface area contributed by atoms with Crippen LogP contribution in [0, 0.1) is 0 Å². The summed E-state index contributed by atoms with van der Waals surface area (Å²) in [6.45, 7) is -0.415. The monoisotopic (exact) mass is 366 g/mol. The molecule has 0 radical (unpaired) electrons. The second kappa shape index (κ2) is 7.13. The van der Waals surface area contributed by atoms with Gasteiger partial charge in [-0.3, -0.25) is 23.7 Å². The maximum Gasteiger partial charge on any atom is 0.327 e. The molecule has 0 spiro atoms. The highest BCUT2D eigenvalue weighted by Gasteiger charge is 2.39. The Balaban J connectivity index is 1.95. The van der Waals surface area contributed by atoms with Gasteiger partial charge in [-0.2, -0.15) is 8.42 Å². The van der Waals surface area contributed by atoms with E-state index in [9.17, 15) is 27.6 Å². The maximum absolute atomic E-state index is 11.9. The summed E-state index contributed by atoms with van der Waals surface area (Å²) in [7, 11) is -4.96. The van der Waals surface area contributed by atoms with Crippen LogP contribution in [0.5, 0.6) is 0 Å². The second-order valence-electron chi connectivity index (χ2n) is 5.15. The van der Waals surface area contributed by atoms with Crippen molar-refractivity contribution >= 4 is 34.0 Å². The number of esters is 4. The molecule has 134 valence electrons. The molecule has 1 N–H and O–H groups in total. The van der Waals surface area contributed by atoms with Gasteiger partial charge < -0.3 is 18.9 Å². The number of carbonyl (C=O) groups excluding carboxylic acids is 4. The Morgan fingerprint density at radius 3 is 2.00 bits per heavy atom. The van der Waals surface area contributed by atoms with E-state index in [1.807, 2.05) is 0 Å². The number of rotatable bonds is 6. The zero-order valence-corrected chi connectivity index (χ0v) is 13.0. The minimum Gasteiger partial charge on any atom is -0.462 e. The number of cyclic esters (lactones) is 2. The second-order valence-corrected chi connectivity index (χ2v) is 6.75. The first-order valence-corrected chi connectivity index (χ1v) is 8.33. The molecule has 0 aromatic rings. The van der Waals surface area contributed by atoms with Crippen LogP contribution in [0.1, 0.15) is 19.3 Å². The molecule has 11 nitrogen and oxygen atoms in total. The van der Waals surface area contributed by atoms with Gasteiger partial charge in [-0.25, -0.2) is 0 Å². The molecule has 0 aromatic heterocycles. The van der Waals surface area contributed by atoms with E-state index in [0.29, 0.717) is 0 Å². The zero-order chi connectivity index (χ0) is 17.9. The Bertz CT molecular complexity index is 652. The Kier molecular flexibility index (Phi) is 5.39. The Labute approximate surface area is 135 Å². The third-order valence-corrected chi connectivity index (χ3v) is 4.28. The van der Waals surface area contributed by atoms with Gasteiger partial charge in [0.1, 0.15) is 25.4 Å². The lowest BCUT2D eigenvalue weighted by Crippen LogP contribution is -2.37. The van der Waals surface area contributed by atoms with Crippen LogP contribution in [-0.4, -0.2) is 67.5 Å². The largest absolute Gasteiger partial charge is 0.462 e. The van der Waals surface area contributed by atoms with Crippen molar-refractivity contribution in [2.45, 2.75) is 36.7 Å². The van der Waals surface area contributed by atoms with Gasteiger partial charge in [0, 0.05) is 0 Å². The molecule has 2 aliphatic heterocycles.